The van der Waals surface area contributed by atoms with Crippen LogP contribution in [0.25, 0.3) is 0 Å². The SMILES string of the molecule is CCCC(COC(C)CCC)CS(N)(=O)=O. The molecule has 0 saturated carbocycles. The minimum Gasteiger partial charge on any atom is -0.378 e. The lowest BCUT2D eigenvalue weighted by atomic mass is 10.1. The van der Waals surface area contributed by atoms with Crippen molar-refractivity contribution in [1.82, 2.24) is 0 Å². The molecule has 0 saturated heterocycles. The summed E-state index contributed by atoms with van der Waals surface area (Å²) in [6.07, 6.45) is 4.08. The normalized spacial score (nSPS) is 16.0. The molecule has 0 fully saturated rings. The van der Waals surface area contributed by atoms with Gasteiger partial charge in [0.15, 0.2) is 0 Å². The highest BCUT2D eigenvalue weighted by molar-refractivity contribution is 7.89. The van der Waals surface area contributed by atoms with E-state index in [-0.39, 0.29) is 17.8 Å². The predicted molar refractivity (Wildman–Crippen MR) is 66.7 cm³/mol. The number of sulfonamides is 1. The first-order chi connectivity index (χ1) is 7.39. The molecule has 2 atom stereocenters. The number of primary sulfonamides is 1. The number of hydrogen-bond acceptors (Lipinski definition) is 3. The zero-order valence-electron chi connectivity index (χ0n) is 10.6. The van der Waals surface area contributed by atoms with Crippen LogP contribution in [-0.4, -0.2) is 26.9 Å². The maximum atomic E-state index is 11.0. The van der Waals surface area contributed by atoms with E-state index in [2.05, 4.69) is 6.92 Å². The third-order valence-electron chi connectivity index (χ3n) is 2.48. The number of ether oxygens (including phenoxy) is 1. The summed E-state index contributed by atoms with van der Waals surface area (Å²) < 4.78 is 27.6. The van der Waals surface area contributed by atoms with E-state index in [0.29, 0.717) is 6.61 Å². The van der Waals surface area contributed by atoms with Crippen LogP contribution in [0.1, 0.15) is 46.5 Å². The summed E-state index contributed by atoms with van der Waals surface area (Å²) in [5.41, 5.74) is 0. The lowest BCUT2D eigenvalue weighted by Crippen LogP contribution is -2.27. The molecule has 2 N–H and O–H groups in total. The molecule has 0 aliphatic heterocycles. The first kappa shape index (κ1) is 15.9. The molecular formula is C11H25NO3S. The fraction of sp³-hybridized carbons (Fsp3) is 1.00. The van der Waals surface area contributed by atoms with E-state index in [9.17, 15) is 8.42 Å². The Labute approximate surface area is 99.6 Å². The van der Waals surface area contributed by atoms with Gasteiger partial charge >= 0.3 is 0 Å². The minimum absolute atomic E-state index is 0.0271. The van der Waals surface area contributed by atoms with Gasteiger partial charge in [-0.1, -0.05) is 26.7 Å². The van der Waals surface area contributed by atoms with Gasteiger partial charge in [0.1, 0.15) is 0 Å². The molecule has 0 aromatic rings. The Morgan fingerprint density at radius 3 is 2.19 bits per heavy atom. The van der Waals surface area contributed by atoms with Gasteiger partial charge in [-0.3, -0.25) is 0 Å². The van der Waals surface area contributed by atoms with Crippen LogP contribution >= 0.6 is 0 Å². The second kappa shape index (κ2) is 8.03. The topological polar surface area (TPSA) is 69.4 Å². The Balaban J connectivity index is 4.03. The molecular weight excluding hydrogens is 226 g/mol. The van der Waals surface area contributed by atoms with Gasteiger partial charge in [-0.2, -0.15) is 0 Å². The van der Waals surface area contributed by atoms with Crippen LogP contribution in [0.15, 0.2) is 0 Å². The molecule has 0 aromatic carbocycles. The average molecular weight is 251 g/mol. The van der Waals surface area contributed by atoms with Gasteiger partial charge in [0, 0.05) is 0 Å². The molecule has 0 aliphatic carbocycles. The van der Waals surface area contributed by atoms with Crippen LogP contribution in [0.3, 0.4) is 0 Å². The molecule has 0 spiro atoms. The maximum absolute atomic E-state index is 11.0. The molecule has 0 aliphatic rings. The van der Waals surface area contributed by atoms with Crippen molar-refractivity contribution in [2.24, 2.45) is 11.1 Å². The first-order valence-corrected chi connectivity index (χ1v) is 7.72. The van der Waals surface area contributed by atoms with Gasteiger partial charge in [0.2, 0.25) is 10.0 Å². The summed E-state index contributed by atoms with van der Waals surface area (Å²) in [7, 11) is -3.39. The molecule has 0 rings (SSSR count). The van der Waals surface area contributed by atoms with Gasteiger partial charge in [-0.15, -0.1) is 0 Å². The Kier molecular flexibility index (Phi) is 7.97. The highest BCUT2D eigenvalue weighted by Gasteiger charge is 2.16. The third kappa shape index (κ3) is 9.12. The van der Waals surface area contributed by atoms with E-state index in [1.54, 1.807) is 0 Å². The molecule has 98 valence electrons. The molecule has 5 heteroatoms. The average Bonchev–Trinajstić information content (AvgIpc) is 2.13. The summed E-state index contributed by atoms with van der Waals surface area (Å²) in [6.45, 7) is 6.65. The van der Waals surface area contributed by atoms with Gasteiger partial charge in [0.05, 0.1) is 18.5 Å². The predicted octanol–water partition coefficient (Wildman–Crippen LogP) is 1.90. The summed E-state index contributed by atoms with van der Waals surface area (Å²) in [4.78, 5) is 0. The van der Waals surface area contributed by atoms with Crippen LogP contribution in [0, 0.1) is 5.92 Å². The van der Waals surface area contributed by atoms with Crippen molar-refractivity contribution in [3.8, 4) is 0 Å². The standard InChI is InChI=1S/C11H25NO3S/c1-4-6-10(3)15-8-11(7-5-2)9-16(12,13)14/h10-11H,4-9H2,1-3H3,(H2,12,13,14). The summed E-state index contributed by atoms with van der Waals surface area (Å²) in [5.74, 6) is 0.0546. The third-order valence-corrected chi connectivity index (χ3v) is 3.41. The van der Waals surface area contributed by atoms with Gasteiger partial charge < -0.3 is 4.74 Å². The van der Waals surface area contributed by atoms with E-state index in [0.717, 1.165) is 25.7 Å². The Bertz CT molecular complexity index is 264. The Morgan fingerprint density at radius 1 is 1.19 bits per heavy atom. The first-order valence-electron chi connectivity index (χ1n) is 6.01. The van der Waals surface area contributed by atoms with E-state index >= 15 is 0 Å². The lowest BCUT2D eigenvalue weighted by Gasteiger charge is -2.18. The minimum atomic E-state index is -3.39. The monoisotopic (exact) mass is 251 g/mol. The van der Waals surface area contributed by atoms with Crippen LogP contribution in [0.4, 0.5) is 0 Å². The molecule has 0 bridgehead atoms. The van der Waals surface area contributed by atoms with E-state index < -0.39 is 10.0 Å². The van der Waals surface area contributed by atoms with Crippen molar-refractivity contribution in [1.29, 1.82) is 0 Å². The number of hydrogen-bond donors (Lipinski definition) is 1. The lowest BCUT2D eigenvalue weighted by molar-refractivity contribution is 0.0373. The summed E-state index contributed by atoms with van der Waals surface area (Å²) >= 11 is 0. The van der Waals surface area contributed by atoms with Crippen LogP contribution in [0.2, 0.25) is 0 Å². The van der Waals surface area contributed by atoms with Gasteiger partial charge in [-0.05, 0) is 25.7 Å². The zero-order valence-corrected chi connectivity index (χ0v) is 11.4. The van der Waals surface area contributed by atoms with Crippen molar-refractivity contribution in [2.45, 2.75) is 52.6 Å². The van der Waals surface area contributed by atoms with E-state index in [1.807, 2.05) is 13.8 Å². The largest absolute Gasteiger partial charge is 0.378 e. The highest BCUT2D eigenvalue weighted by Crippen LogP contribution is 2.11. The molecule has 4 nitrogen and oxygen atoms in total. The van der Waals surface area contributed by atoms with Crippen molar-refractivity contribution in [3.05, 3.63) is 0 Å². The number of rotatable bonds is 9. The second-order valence-electron chi connectivity index (χ2n) is 4.42. The Morgan fingerprint density at radius 2 is 1.75 bits per heavy atom. The van der Waals surface area contributed by atoms with Gasteiger partial charge in [-0.25, -0.2) is 13.6 Å². The fourth-order valence-electron chi connectivity index (χ4n) is 1.74. The smallest absolute Gasteiger partial charge is 0.209 e. The quantitative estimate of drug-likeness (QED) is 0.680. The van der Waals surface area contributed by atoms with Crippen LogP contribution < -0.4 is 5.14 Å². The van der Waals surface area contributed by atoms with Crippen molar-refractivity contribution in [2.75, 3.05) is 12.4 Å². The Hall–Kier alpha value is -0.130. The van der Waals surface area contributed by atoms with Crippen molar-refractivity contribution >= 4 is 10.0 Å². The van der Waals surface area contributed by atoms with Crippen LogP contribution in [-0.2, 0) is 14.8 Å². The molecule has 0 heterocycles. The van der Waals surface area contributed by atoms with Gasteiger partial charge in [0.25, 0.3) is 0 Å². The number of nitrogens with two attached hydrogens (primary N) is 1. The zero-order chi connectivity index (χ0) is 12.6. The summed E-state index contributed by atoms with van der Waals surface area (Å²) in [6, 6.07) is 0. The van der Waals surface area contributed by atoms with E-state index in [4.69, 9.17) is 9.88 Å². The maximum Gasteiger partial charge on any atom is 0.209 e. The second-order valence-corrected chi connectivity index (χ2v) is 6.08. The molecule has 2 unspecified atom stereocenters. The molecule has 0 amide bonds. The molecule has 16 heavy (non-hydrogen) atoms. The molecule has 0 aromatic heterocycles. The van der Waals surface area contributed by atoms with E-state index in [1.165, 1.54) is 0 Å². The molecule has 0 radical (unpaired) electrons. The van der Waals surface area contributed by atoms with Crippen molar-refractivity contribution < 1.29 is 13.2 Å². The van der Waals surface area contributed by atoms with Crippen molar-refractivity contribution in [3.63, 3.8) is 0 Å². The van der Waals surface area contributed by atoms with Crippen LogP contribution in [0.5, 0.6) is 0 Å². The summed E-state index contributed by atoms with van der Waals surface area (Å²) in [5, 5.41) is 5.05. The highest BCUT2D eigenvalue weighted by atomic mass is 32.2. The fourth-order valence-corrected chi connectivity index (χ4v) is 2.66.